The van der Waals surface area contributed by atoms with E-state index in [-0.39, 0.29) is 6.61 Å². The SMILES string of the molecule is Cc1ccc(C)c(OCC(O)CN2CCCN(c3ccc(C(F)(F)F)cn3)CC2)c1. The maximum Gasteiger partial charge on any atom is 0.417 e. The Kier molecular flexibility index (Phi) is 7.20. The van der Waals surface area contributed by atoms with Gasteiger partial charge in [0.1, 0.15) is 24.3 Å². The van der Waals surface area contributed by atoms with Crippen LogP contribution in [0, 0.1) is 13.8 Å². The predicted octanol–water partition coefficient (Wildman–Crippen LogP) is 3.67. The second kappa shape index (κ2) is 9.66. The van der Waals surface area contributed by atoms with Gasteiger partial charge < -0.3 is 14.7 Å². The summed E-state index contributed by atoms with van der Waals surface area (Å²) in [6, 6.07) is 8.47. The number of aliphatic hydroxyl groups excluding tert-OH is 1. The number of anilines is 1. The lowest BCUT2D eigenvalue weighted by molar-refractivity contribution is -0.137. The second-order valence-corrected chi connectivity index (χ2v) is 7.78. The Hall–Kier alpha value is -2.32. The number of halogens is 3. The predicted molar refractivity (Wildman–Crippen MR) is 110 cm³/mol. The van der Waals surface area contributed by atoms with Crippen LogP contribution in [0.2, 0.25) is 0 Å². The molecule has 8 heteroatoms. The van der Waals surface area contributed by atoms with E-state index in [2.05, 4.69) is 9.88 Å². The van der Waals surface area contributed by atoms with Gasteiger partial charge in [-0.05, 0) is 56.1 Å². The van der Waals surface area contributed by atoms with E-state index in [1.54, 1.807) is 0 Å². The maximum absolute atomic E-state index is 12.7. The van der Waals surface area contributed by atoms with Crippen molar-refractivity contribution < 1.29 is 23.0 Å². The Bertz CT molecular complexity index is 827. The third kappa shape index (κ3) is 6.09. The summed E-state index contributed by atoms with van der Waals surface area (Å²) in [5.41, 5.74) is 1.39. The third-order valence-electron chi connectivity index (χ3n) is 5.23. The van der Waals surface area contributed by atoms with Crippen LogP contribution in [0.15, 0.2) is 36.5 Å². The third-order valence-corrected chi connectivity index (χ3v) is 5.23. The van der Waals surface area contributed by atoms with E-state index in [1.807, 2.05) is 36.9 Å². The Morgan fingerprint density at radius 1 is 1.10 bits per heavy atom. The van der Waals surface area contributed by atoms with Crippen LogP contribution in [-0.4, -0.2) is 60.4 Å². The molecule has 0 aliphatic carbocycles. The molecule has 1 aliphatic rings. The smallest absolute Gasteiger partial charge is 0.417 e. The van der Waals surface area contributed by atoms with Crippen molar-refractivity contribution in [2.75, 3.05) is 44.2 Å². The van der Waals surface area contributed by atoms with Gasteiger partial charge in [0.25, 0.3) is 0 Å². The van der Waals surface area contributed by atoms with Crippen molar-refractivity contribution in [1.29, 1.82) is 0 Å². The molecule has 3 rings (SSSR count). The molecule has 1 saturated heterocycles. The lowest BCUT2D eigenvalue weighted by Crippen LogP contribution is -2.38. The van der Waals surface area contributed by atoms with E-state index >= 15 is 0 Å². The number of benzene rings is 1. The van der Waals surface area contributed by atoms with Gasteiger partial charge in [0.2, 0.25) is 0 Å². The molecule has 2 heterocycles. The highest BCUT2D eigenvalue weighted by Crippen LogP contribution is 2.29. The number of hydrogen-bond donors (Lipinski definition) is 1. The number of nitrogens with zero attached hydrogens (tertiary/aromatic N) is 3. The highest BCUT2D eigenvalue weighted by atomic mass is 19.4. The fourth-order valence-electron chi connectivity index (χ4n) is 3.52. The van der Waals surface area contributed by atoms with Gasteiger partial charge in [0.15, 0.2) is 0 Å². The molecular formula is C22H28F3N3O2. The number of alkyl halides is 3. The van der Waals surface area contributed by atoms with E-state index < -0.39 is 17.8 Å². The van der Waals surface area contributed by atoms with Gasteiger partial charge in [-0.15, -0.1) is 0 Å². The molecule has 0 saturated carbocycles. The molecule has 1 fully saturated rings. The summed E-state index contributed by atoms with van der Waals surface area (Å²) in [5.74, 6) is 1.33. The molecule has 0 radical (unpaired) electrons. The van der Waals surface area contributed by atoms with E-state index in [0.717, 1.165) is 42.1 Å². The molecule has 1 atom stereocenters. The minimum Gasteiger partial charge on any atom is -0.491 e. The Morgan fingerprint density at radius 3 is 2.60 bits per heavy atom. The van der Waals surface area contributed by atoms with Crippen LogP contribution >= 0.6 is 0 Å². The number of aliphatic hydroxyl groups is 1. The quantitative estimate of drug-likeness (QED) is 0.768. The maximum atomic E-state index is 12.7. The lowest BCUT2D eigenvalue weighted by Gasteiger charge is -2.24. The molecule has 1 N–H and O–H groups in total. The van der Waals surface area contributed by atoms with Gasteiger partial charge in [0.05, 0.1) is 5.56 Å². The summed E-state index contributed by atoms with van der Waals surface area (Å²) in [6.07, 6.45) is -3.28. The minimum absolute atomic E-state index is 0.213. The summed E-state index contributed by atoms with van der Waals surface area (Å²) in [6.45, 7) is 7.52. The van der Waals surface area contributed by atoms with E-state index in [4.69, 9.17) is 4.74 Å². The first-order valence-corrected chi connectivity index (χ1v) is 10.1. The van der Waals surface area contributed by atoms with Gasteiger partial charge in [-0.3, -0.25) is 4.90 Å². The van der Waals surface area contributed by atoms with Gasteiger partial charge in [-0.1, -0.05) is 12.1 Å². The molecular weight excluding hydrogens is 395 g/mol. The molecule has 1 aromatic heterocycles. The van der Waals surface area contributed by atoms with Gasteiger partial charge >= 0.3 is 6.18 Å². The van der Waals surface area contributed by atoms with Crippen molar-refractivity contribution in [2.45, 2.75) is 32.5 Å². The van der Waals surface area contributed by atoms with Crippen LogP contribution in [0.5, 0.6) is 5.75 Å². The number of rotatable bonds is 6. The van der Waals surface area contributed by atoms with Crippen LogP contribution in [-0.2, 0) is 6.18 Å². The number of hydrogen-bond acceptors (Lipinski definition) is 5. The summed E-state index contributed by atoms with van der Waals surface area (Å²) in [4.78, 5) is 8.13. The highest BCUT2D eigenvalue weighted by molar-refractivity contribution is 5.40. The molecule has 0 spiro atoms. The Labute approximate surface area is 175 Å². The van der Waals surface area contributed by atoms with Crippen molar-refractivity contribution in [1.82, 2.24) is 9.88 Å². The molecule has 164 valence electrons. The standard InChI is InChI=1S/C22H28F3N3O2/c1-16-4-5-17(2)20(12-16)30-15-19(29)14-27-8-3-9-28(11-10-27)21-7-6-18(13-26-21)22(23,24)25/h4-7,12-13,19,29H,3,8-11,14-15H2,1-2H3. The first kappa shape index (κ1) is 22.4. The summed E-state index contributed by atoms with van der Waals surface area (Å²) < 4.78 is 43.9. The van der Waals surface area contributed by atoms with Crippen LogP contribution < -0.4 is 9.64 Å². The number of β-amino-alcohol motifs (C(OH)–C–C–N with tert-alkyl or cyclic N) is 1. The molecule has 1 unspecified atom stereocenters. The first-order valence-electron chi connectivity index (χ1n) is 10.1. The highest BCUT2D eigenvalue weighted by Gasteiger charge is 2.31. The van der Waals surface area contributed by atoms with Crippen molar-refractivity contribution in [3.8, 4) is 5.75 Å². The molecule has 0 amide bonds. The Morgan fingerprint density at radius 2 is 1.90 bits per heavy atom. The monoisotopic (exact) mass is 423 g/mol. The van der Waals surface area contributed by atoms with Crippen LogP contribution in [0.3, 0.4) is 0 Å². The van der Waals surface area contributed by atoms with Crippen LogP contribution in [0.4, 0.5) is 19.0 Å². The number of aryl methyl sites for hydroxylation is 2. The zero-order valence-electron chi connectivity index (χ0n) is 17.3. The largest absolute Gasteiger partial charge is 0.491 e. The topological polar surface area (TPSA) is 48.8 Å². The van der Waals surface area contributed by atoms with Crippen LogP contribution in [0.1, 0.15) is 23.1 Å². The molecule has 1 aliphatic heterocycles. The molecule has 5 nitrogen and oxygen atoms in total. The molecule has 0 bridgehead atoms. The Balaban J connectivity index is 1.49. The van der Waals surface area contributed by atoms with Crippen molar-refractivity contribution in [3.63, 3.8) is 0 Å². The fourth-order valence-corrected chi connectivity index (χ4v) is 3.52. The van der Waals surface area contributed by atoms with Gasteiger partial charge in [0, 0.05) is 32.4 Å². The fraction of sp³-hybridized carbons (Fsp3) is 0.500. The van der Waals surface area contributed by atoms with E-state index in [1.165, 1.54) is 6.07 Å². The molecule has 30 heavy (non-hydrogen) atoms. The molecule has 1 aromatic carbocycles. The number of aromatic nitrogens is 1. The summed E-state index contributed by atoms with van der Waals surface area (Å²) in [5, 5.41) is 10.4. The number of pyridine rings is 1. The average Bonchev–Trinajstić information content (AvgIpc) is 2.94. The zero-order valence-corrected chi connectivity index (χ0v) is 17.3. The summed E-state index contributed by atoms with van der Waals surface area (Å²) >= 11 is 0. The lowest BCUT2D eigenvalue weighted by atomic mass is 10.1. The van der Waals surface area contributed by atoms with Crippen molar-refractivity contribution in [3.05, 3.63) is 53.2 Å². The number of ether oxygens (including phenoxy) is 1. The second-order valence-electron chi connectivity index (χ2n) is 7.78. The van der Waals surface area contributed by atoms with Gasteiger partial charge in [-0.2, -0.15) is 13.2 Å². The normalized spacial score (nSPS) is 16.9. The minimum atomic E-state index is -4.38. The average molecular weight is 423 g/mol. The van der Waals surface area contributed by atoms with Gasteiger partial charge in [-0.25, -0.2) is 4.98 Å². The molecule has 2 aromatic rings. The van der Waals surface area contributed by atoms with Crippen molar-refractivity contribution in [2.24, 2.45) is 0 Å². The van der Waals surface area contributed by atoms with E-state index in [0.29, 0.717) is 32.0 Å². The summed E-state index contributed by atoms with van der Waals surface area (Å²) in [7, 11) is 0. The van der Waals surface area contributed by atoms with Crippen molar-refractivity contribution >= 4 is 5.82 Å². The van der Waals surface area contributed by atoms with E-state index in [9.17, 15) is 18.3 Å². The first-order chi connectivity index (χ1) is 14.2. The van der Waals surface area contributed by atoms with Crippen LogP contribution in [0.25, 0.3) is 0 Å². The zero-order chi connectivity index (χ0) is 21.7.